The van der Waals surface area contributed by atoms with Gasteiger partial charge < -0.3 is 9.47 Å². The first-order valence-electron chi connectivity index (χ1n) is 6.18. The Labute approximate surface area is 149 Å². The SMILES string of the molecule is COc1ccc(OC)c(S(=O)(=O)Nc2cc(Cl)c(Cl)cc2Cl)c1. The standard InChI is InChI=1S/C14H12Cl3NO4S/c1-21-8-3-4-13(22-2)14(5-8)23(19,20)18-12-7-10(16)9(15)6-11(12)17/h3-7,18H,1-2H3. The van der Waals surface area contributed by atoms with Gasteiger partial charge in [-0.15, -0.1) is 0 Å². The van der Waals surface area contributed by atoms with E-state index in [0.717, 1.165) is 0 Å². The van der Waals surface area contributed by atoms with Crippen LogP contribution in [0.5, 0.6) is 11.5 Å². The van der Waals surface area contributed by atoms with Gasteiger partial charge in [0.05, 0.1) is 35.0 Å². The van der Waals surface area contributed by atoms with Crippen LogP contribution in [-0.2, 0) is 10.0 Å². The minimum absolute atomic E-state index is 0.0958. The molecule has 0 unspecified atom stereocenters. The first-order chi connectivity index (χ1) is 10.8. The number of halogens is 3. The Kier molecular flexibility index (Phi) is 5.52. The molecule has 0 fully saturated rings. The first kappa shape index (κ1) is 18.0. The lowest BCUT2D eigenvalue weighted by atomic mass is 10.3. The summed E-state index contributed by atoms with van der Waals surface area (Å²) in [6.45, 7) is 0. The van der Waals surface area contributed by atoms with Crippen molar-refractivity contribution in [3.05, 3.63) is 45.4 Å². The highest BCUT2D eigenvalue weighted by molar-refractivity contribution is 7.92. The average Bonchev–Trinajstić information content (AvgIpc) is 2.51. The molecule has 1 N–H and O–H groups in total. The number of rotatable bonds is 5. The number of hydrogen-bond acceptors (Lipinski definition) is 4. The van der Waals surface area contributed by atoms with Crippen LogP contribution in [0.3, 0.4) is 0 Å². The van der Waals surface area contributed by atoms with E-state index in [4.69, 9.17) is 44.3 Å². The number of methoxy groups -OCH3 is 2. The zero-order valence-electron chi connectivity index (χ0n) is 12.1. The fourth-order valence-corrected chi connectivity index (χ4v) is 3.70. The van der Waals surface area contributed by atoms with Gasteiger partial charge in [-0.1, -0.05) is 34.8 Å². The molecule has 0 atom stereocenters. The van der Waals surface area contributed by atoms with Crippen molar-refractivity contribution >= 4 is 50.5 Å². The van der Waals surface area contributed by atoms with Crippen LogP contribution in [0.1, 0.15) is 0 Å². The average molecular weight is 397 g/mol. The van der Waals surface area contributed by atoms with E-state index in [1.54, 1.807) is 6.07 Å². The summed E-state index contributed by atoms with van der Waals surface area (Å²) in [5.74, 6) is 0.529. The molecule has 2 aromatic rings. The topological polar surface area (TPSA) is 64.6 Å². The van der Waals surface area contributed by atoms with E-state index in [1.807, 2.05) is 0 Å². The number of sulfonamides is 1. The van der Waals surface area contributed by atoms with Crippen molar-refractivity contribution in [2.24, 2.45) is 0 Å². The Hall–Kier alpha value is -1.34. The number of anilines is 1. The lowest BCUT2D eigenvalue weighted by Gasteiger charge is -2.14. The summed E-state index contributed by atoms with van der Waals surface area (Å²) in [7, 11) is -1.18. The predicted molar refractivity (Wildman–Crippen MR) is 91.8 cm³/mol. The molecule has 0 saturated heterocycles. The maximum atomic E-state index is 12.6. The molecule has 0 aromatic heterocycles. The molecular weight excluding hydrogens is 385 g/mol. The van der Waals surface area contributed by atoms with Crippen LogP contribution in [0.4, 0.5) is 5.69 Å². The summed E-state index contributed by atoms with van der Waals surface area (Å²) < 4.78 is 37.7. The van der Waals surface area contributed by atoms with E-state index in [0.29, 0.717) is 5.75 Å². The molecule has 0 spiro atoms. The Bertz CT molecular complexity index is 840. The van der Waals surface area contributed by atoms with Gasteiger partial charge in [0.25, 0.3) is 10.0 Å². The molecular formula is C14H12Cl3NO4S. The minimum Gasteiger partial charge on any atom is -0.497 e. The van der Waals surface area contributed by atoms with Crippen LogP contribution < -0.4 is 14.2 Å². The number of hydrogen-bond donors (Lipinski definition) is 1. The highest BCUT2D eigenvalue weighted by atomic mass is 35.5. The maximum Gasteiger partial charge on any atom is 0.265 e. The lowest BCUT2D eigenvalue weighted by molar-refractivity contribution is 0.392. The third kappa shape index (κ3) is 3.95. The van der Waals surface area contributed by atoms with E-state index >= 15 is 0 Å². The van der Waals surface area contributed by atoms with Gasteiger partial charge in [-0.25, -0.2) is 8.42 Å². The van der Waals surface area contributed by atoms with Crippen molar-refractivity contribution in [1.29, 1.82) is 0 Å². The number of ether oxygens (including phenoxy) is 2. The molecule has 0 radical (unpaired) electrons. The van der Waals surface area contributed by atoms with Gasteiger partial charge >= 0.3 is 0 Å². The van der Waals surface area contributed by atoms with Gasteiger partial charge in [0.2, 0.25) is 0 Å². The molecule has 5 nitrogen and oxygen atoms in total. The van der Waals surface area contributed by atoms with E-state index in [2.05, 4.69) is 4.72 Å². The first-order valence-corrected chi connectivity index (χ1v) is 8.79. The quantitative estimate of drug-likeness (QED) is 0.758. The molecule has 0 amide bonds. The van der Waals surface area contributed by atoms with Gasteiger partial charge in [-0.05, 0) is 24.3 Å². The van der Waals surface area contributed by atoms with Crippen molar-refractivity contribution in [2.75, 3.05) is 18.9 Å². The smallest absolute Gasteiger partial charge is 0.265 e. The van der Waals surface area contributed by atoms with E-state index < -0.39 is 10.0 Å². The second-order valence-corrected chi connectivity index (χ2v) is 7.24. The van der Waals surface area contributed by atoms with E-state index in [-0.39, 0.29) is 31.4 Å². The fourth-order valence-electron chi connectivity index (χ4n) is 1.79. The van der Waals surface area contributed by atoms with Crippen LogP contribution in [0.15, 0.2) is 35.2 Å². The molecule has 9 heteroatoms. The van der Waals surface area contributed by atoms with Gasteiger partial charge in [-0.2, -0.15) is 0 Å². The summed E-state index contributed by atoms with van der Waals surface area (Å²) in [6, 6.07) is 7.10. The zero-order valence-corrected chi connectivity index (χ0v) is 15.1. The van der Waals surface area contributed by atoms with Crippen molar-refractivity contribution in [1.82, 2.24) is 0 Å². The van der Waals surface area contributed by atoms with Gasteiger partial charge in [-0.3, -0.25) is 4.72 Å². The molecule has 0 saturated carbocycles. The largest absolute Gasteiger partial charge is 0.497 e. The van der Waals surface area contributed by atoms with Gasteiger partial charge in [0, 0.05) is 6.07 Å². The highest BCUT2D eigenvalue weighted by Crippen LogP contribution is 2.35. The van der Waals surface area contributed by atoms with Crippen LogP contribution in [-0.4, -0.2) is 22.6 Å². The van der Waals surface area contributed by atoms with Crippen molar-refractivity contribution < 1.29 is 17.9 Å². The molecule has 0 heterocycles. The van der Waals surface area contributed by atoms with Crippen LogP contribution >= 0.6 is 34.8 Å². The van der Waals surface area contributed by atoms with E-state index in [9.17, 15) is 8.42 Å². The molecule has 124 valence electrons. The molecule has 23 heavy (non-hydrogen) atoms. The molecule has 0 aliphatic heterocycles. The zero-order chi connectivity index (χ0) is 17.2. The lowest BCUT2D eigenvalue weighted by Crippen LogP contribution is -2.14. The molecule has 0 bridgehead atoms. The normalized spacial score (nSPS) is 11.2. The second-order valence-electron chi connectivity index (χ2n) is 4.37. The monoisotopic (exact) mass is 395 g/mol. The van der Waals surface area contributed by atoms with Crippen LogP contribution in [0.2, 0.25) is 15.1 Å². The summed E-state index contributed by atoms with van der Waals surface area (Å²) in [5.41, 5.74) is 0.103. The van der Waals surface area contributed by atoms with Crippen molar-refractivity contribution in [3.63, 3.8) is 0 Å². The van der Waals surface area contributed by atoms with Crippen molar-refractivity contribution in [2.45, 2.75) is 4.90 Å². The Balaban J connectivity index is 2.49. The third-order valence-electron chi connectivity index (χ3n) is 2.91. The molecule has 2 aromatic carbocycles. The second kappa shape index (κ2) is 7.05. The summed E-state index contributed by atoms with van der Waals surface area (Å²) in [6.07, 6.45) is 0. The van der Waals surface area contributed by atoms with Crippen LogP contribution in [0, 0.1) is 0 Å². The number of benzene rings is 2. The van der Waals surface area contributed by atoms with Gasteiger partial charge in [0.15, 0.2) is 0 Å². The Morgan fingerprint density at radius 3 is 2.17 bits per heavy atom. The Morgan fingerprint density at radius 1 is 0.913 bits per heavy atom. The number of nitrogens with one attached hydrogen (secondary N) is 1. The summed E-state index contributed by atoms with van der Waals surface area (Å²) >= 11 is 17.7. The summed E-state index contributed by atoms with van der Waals surface area (Å²) in [5, 5.41) is 0.509. The predicted octanol–water partition coefficient (Wildman–Crippen LogP) is 4.46. The Morgan fingerprint density at radius 2 is 1.57 bits per heavy atom. The van der Waals surface area contributed by atoms with Gasteiger partial charge in [0.1, 0.15) is 16.4 Å². The molecule has 0 aliphatic rings. The highest BCUT2D eigenvalue weighted by Gasteiger charge is 2.22. The fraction of sp³-hybridized carbons (Fsp3) is 0.143. The minimum atomic E-state index is -3.98. The van der Waals surface area contributed by atoms with E-state index in [1.165, 1.54) is 38.5 Å². The summed E-state index contributed by atoms with van der Waals surface area (Å²) in [4.78, 5) is -0.0958. The molecule has 2 rings (SSSR count). The molecule has 0 aliphatic carbocycles. The third-order valence-corrected chi connectivity index (χ3v) is 5.34. The maximum absolute atomic E-state index is 12.6. The van der Waals surface area contributed by atoms with Crippen molar-refractivity contribution in [3.8, 4) is 11.5 Å². The van der Waals surface area contributed by atoms with Crippen LogP contribution in [0.25, 0.3) is 0 Å².